The van der Waals surface area contributed by atoms with Crippen molar-refractivity contribution in [3.63, 3.8) is 0 Å². The number of benzene rings is 2. The van der Waals surface area contributed by atoms with Crippen molar-refractivity contribution in [2.24, 2.45) is 0 Å². The zero-order valence-corrected chi connectivity index (χ0v) is 17.3. The molecule has 10 heteroatoms. The van der Waals surface area contributed by atoms with Crippen molar-refractivity contribution in [3.05, 3.63) is 47.8 Å². The van der Waals surface area contributed by atoms with Crippen LogP contribution >= 0.6 is 11.3 Å². The van der Waals surface area contributed by atoms with Crippen LogP contribution in [0.25, 0.3) is 32.1 Å². The lowest BCUT2D eigenvalue weighted by atomic mass is 9.97. The van der Waals surface area contributed by atoms with Crippen LogP contribution in [0.3, 0.4) is 0 Å². The lowest BCUT2D eigenvalue weighted by Gasteiger charge is -2.16. The molecule has 8 nitrogen and oxygen atoms in total. The number of fused-ring (bicyclic) bond motifs is 3. The smallest absolute Gasteiger partial charge is 0.242 e. The van der Waals surface area contributed by atoms with E-state index < -0.39 is 22.9 Å². The fraction of sp³-hybridized carbons (Fsp3) is 0.150. The van der Waals surface area contributed by atoms with Gasteiger partial charge >= 0.3 is 0 Å². The predicted molar refractivity (Wildman–Crippen MR) is 112 cm³/mol. The Hall–Kier alpha value is -2.76. The van der Waals surface area contributed by atoms with Crippen LogP contribution in [-0.2, 0) is 10.0 Å². The molecule has 2 aromatic heterocycles. The molecular formula is C20H17N2O6S2-. The molecule has 0 amide bonds. The van der Waals surface area contributed by atoms with Crippen LogP contribution in [0, 0.1) is 0 Å². The number of thiophene rings is 1. The number of hydrogen-bond donors (Lipinski definition) is 3. The maximum absolute atomic E-state index is 12.3. The third-order valence-electron chi connectivity index (χ3n) is 4.63. The van der Waals surface area contributed by atoms with E-state index in [0.29, 0.717) is 27.1 Å². The molecule has 1 atom stereocenters. The number of rotatable bonds is 6. The Morgan fingerprint density at radius 3 is 2.60 bits per heavy atom. The molecule has 4 aromatic rings. The van der Waals surface area contributed by atoms with E-state index >= 15 is 0 Å². The summed E-state index contributed by atoms with van der Waals surface area (Å²) in [6.07, 6.45) is -1.59. The van der Waals surface area contributed by atoms with Gasteiger partial charge in [0.25, 0.3) is 0 Å². The summed E-state index contributed by atoms with van der Waals surface area (Å²) in [5.74, 6) is 0.262. The molecular weight excluding hydrogens is 428 g/mol. The first-order valence-electron chi connectivity index (χ1n) is 8.82. The molecule has 0 fully saturated rings. The lowest BCUT2D eigenvalue weighted by Crippen LogP contribution is -2.37. The fourth-order valence-electron chi connectivity index (χ4n) is 3.31. The monoisotopic (exact) mass is 445 g/mol. The number of pyridine rings is 1. The van der Waals surface area contributed by atoms with Gasteiger partial charge in [-0.2, -0.15) is 4.72 Å². The van der Waals surface area contributed by atoms with E-state index in [4.69, 9.17) is 9.84 Å². The number of sulfonamides is 1. The van der Waals surface area contributed by atoms with Crippen molar-refractivity contribution in [2.45, 2.75) is 11.1 Å². The van der Waals surface area contributed by atoms with E-state index in [1.807, 2.05) is 16.2 Å². The highest BCUT2D eigenvalue weighted by Crippen LogP contribution is 2.42. The quantitative estimate of drug-likeness (QED) is 0.386. The van der Waals surface area contributed by atoms with Crippen LogP contribution in [0.4, 0.5) is 0 Å². The number of methoxy groups -OCH3 is 1. The minimum Gasteiger partial charge on any atom is -0.858 e. The first-order chi connectivity index (χ1) is 14.4. The molecule has 2 heterocycles. The number of nitrogens with zero attached hydrogens (tertiary/aromatic N) is 1. The third kappa shape index (κ3) is 3.48. The molecule has 4 rings (SSSR count). The van der Waals surface area contributed by atoms with E-state index in [0.717, 1.165) is 10.8 Å². The zero-order valence-electron chi connectivity index (χ0n) is 15.7. The van der Waals surface area contributed by atoms with E-state index in [1.54, 1.807) is 24.3 Å². The van der Waals surface area contributed by atoms with Gasteiger partial charge in [-0.3, -0.25) is 4.98 Å². The van der Waals surface area contributed by atoms with Gasteiger partial charge in [0.1, 0.15) is 12.0 Å². The Morgan fingerprint density at radius 1 is 1.20 bits per heavy atom. The van der Waals surface area contributed by atoms with Crippen molar-refractivity contribution < 1.29 is 28.5 Å². The minimum atomic E-state index is -4.00. The summed E-state index contributed by atoms with van der Waals surface area (Å²) in [4.78, 5) is 4.11. The van der Waals surface area contributed by atoms with E-state index in [9.17, 15) is 18.6 Å². The van der Waals surface area contributed by atoms with E-state index in [1.165, 1.54) is 30.6 Å². The highest BCUT2D eigenvalue weighted by molar-refractivity contribution is 7.89. The van der Waals surface area contributed by atoms with Crippen LogP contribution in [-0.4, -0.2) is 43.6 Å². The van der Waals surface area contributed by atoms with Crippen molar-refractivity contribution >= 4 is 42.3 Å². The van der Waals surface area contributed by atoms with E-state index in [-0.39, 0.29) is 10.8 Å². The zero-order chi connectivity index (χ0) is 21.5. The largest absolute Gasteiger partial charge is 0.858 e. The van der Waals surface area contributed by atoms with Crippen molar-refractivity contribution in [1.29, 1.82) is 0 Å². The van der Waals surface area contributed by atoms with Gasteiger partial charge in [0.2, 0.25) is 10.0 Å². The highest BCUT2D eigenvalue weighted by atomic mass is 32.2. The standard InChI is InChI=1S/C20H18N2O6S2/c1-28-15-7-6-14-18(13-8-9-29-19(13)20(25)21-14)17(15)11-2-4-12(5-3-11)30(26,27)22-16(24)10-23/h2-9,16,22-24H,10H2,1H3,(H,21,25)/p-1. The maximum atomic E-state index is 12.3. The SMILES string of the molecule is COc1ccc2nc([O-])c3sccc3c2c1-c1ccc(S(=O)(=O)NC(O)CO)cc1. The molecule has 30 heavy (non-hydrogen) atoms. The summed E-state index contributed by atoms with van der Waals surface area (Å²) in [5, 5.41) is 33.9. The maximum Gasteiger partial charge on any atom is 0.242 e. The number of hydrogen-bond acceptors (Lipinski definition) is 8. The number of aromatic nitrogens is 1. The van der Waals surface area contributed by atoms with Crippen molar-refractivity contribution in [1.82, 2.24) is 9.71 Å². The Bertz CT molecular complexity index is 1330. The normalized spacial score (nSPS) is 13.0. The van der Waals surface area contributed by atoms with Gasteiger partial charge in [-0.25, -0.2) is 8.42 Å². The molecule has 0 aliphatic heterocycles. The van der Waals surface area contributed by atoms with Gasteiger partial charge in [0, 0.05) is 26.9 Å². The summed E-state index contributed by atoms with van der Waals surface area (Å²) in [6.45, 7) is -0.740. The predicted octanol–water partition coefficient (Wildman–Crippen LogP) is 1.79. The lowest BCUT2D eigenvalue weighted by molar-refractivity contribution is -0.271. The fourth-order valence-corrected chi connectivity index (χ4v) is 5.16. The third-order valence-corrected chi connectivity index (χ3v) is 7.01. The van der Waals surface area contributed by atoms with Crippen molar-refractivity contribution in [3.8, 4) is 22.8 Å². The topological polar surface area (TPSA) is 132 Å². The molecule has 0 radical (unpaired) electrons. The van der Waals surface area contributed by atoms with Gasteiger partial charge in [0.05, 0.1) is 24.1 Å². The molecule has 156 valence electrons. The number of aliphatic hydroxyl groups excluding tert-OH is 2. The molecule has 0 saturated carbocycles. The Labute approximate surface area is 176 Å². The second-order valence-electron chi connectivity index (χ2n) is 6.46. The Kier molecular flexibility index (Phi) is 5.35. The average molecular weight is 445 g/mol. The molecule has 0 aliphatic rings. The number of ether oxygens (including phenoxy) is 1. The van der Waals surface area contributed by atoms with E-state index in [2.05, 4.69) is 4.98 Å². The van der Waals surface area contributed by atoms with Gasteiger partial charge in [-0.05, 0) is 41.3 Å². The molecule has 0 aliphatic carbocycles. The molecule has 2 aromatic carbocycles. The first kappa shape index (κ1) is 20.5. The van der Waals surface area contributed by atoms with Crippen LogP contribution in [0.15, 0.2) is 52.7 Å². The average Bonchev–Trinajstić information content (AvgIpc) is 3.23. The van der Waals surface area contributed by atoms with Gasteiger partial charge in [0.15, 0.2) is 0 Å². The van der Waals surface area contributed by atoms with Gasteiger partial charge in [-0.1, -0.05) is 12.1 Å². The molecule has 3 N–H and O–H groups in total. The second kappa shape index (κ2) is 7.82. The van der Waals surface area contributed by atoms with Gasteiger partial charge in [-0.15, -0.1) is 11.3 Å². The second-order valence-corrected chi connectivity index (χ2v) is 9.09. The molecule has 0 bridgehead atoms. The molecule has 1 unspecified atom stereocenters. The summed E-state index contributed by atoms with van der Waals surface area (Å²) in [7, 11) is -2.47. The van der Waals surface area contributed by atoms with Crippen molar-refractivity contribution in [2.75, 3.05) is 13.7 Å². The van der Waals surface area contributed by atoms with Crippen LogP contribution in [0.2, 0.25) is 0 Å². The summed E-state index contributed by atoms with van der Waals surface area (Å²) in [5.41, 5.74) is 1.89. The van der Waals surface area contributed by atoms with Crippen LogP contribution in [0.5, 0.6) is 11.6 Å². The Balaban J connectivity index is 1.90. The summed E-state index contributed by atoms with van der Waals surface area (Å²) < 4.78 is 32.7. The first-order valence-corrected chi connectivity index (χ1v) is 11.2. The summed E-state index contributed by atoms with van der Waals surface area (Å²) in [6, 6.07) is 11.3. The van der Waals surface area contributed by atoms with Crippen LogP contribution in [0.1, 0.15) is 0 Å². The minimum absolute atomic E-state index is 0.0707. The molecule has 0 saturated heterocycles. The number of aliphatic hydroxyl groups is 2. The van der Waals surface area contributed by atoms with Crippen LogP contribution < -0.4 is 14.6 Å². The Morgan fingerprint density at radius 2 is 1.93 bits per heavy atom. The van der Waals surface area contributed by atoms with Gasteiger partial charge < -0.3 is 20.1 Å². The molecule has 0 spiro atoms. The highest BCUT2D eigenvalue weighted by Gasteiger charge is 2.20. The summed E-state index contributed by atoms with van der Waals surface area (Å²) >= 11 is 1.31. The number of nitrogens with one attached hydrogen (secondary N) is 1.